The van der Waals surface area contributed by atoms with Gasteiger partial charge in [0.1, 0.15) is 16.1 Å². The summed E-state index contributed by atoms with van der Waals surface area (Å²) in [6.45, 7) is 0.191. The van der Waals surface area contributed by atoms with Gasteiger partial charge in [0.15, 0.2) is 0 Å². The van der Waals surface area contributed by atoms with Crippen LogP contribution in [0.1, 0.15) is 16.7 Å². The monoisotopic (exact) mass is 444 g/mol. The number of hydrogen-bond donors (Lipinski definition) is 0. The third-order valence-corrected chi connectivity index (χ3v) is 8.52. The maximum absolute atomic E-state index is 14.1. The van der Waals surface area contributed by atoms with Crippen LogP contribution >= 0.6 is 11.3 Å². The molecule has 1 aliphatic heterocycles. The third kappa shape index (κ3) is 3.90. The van der Waals surface area contributed by atoms with Gasteiger partial charge in [-0.1, -0.05) is 48.5 Å². The standard InChI is InChI=1S/C22H21FN2O3S2/c1-24(14-18-9-4-5-10-19(18)23)22(26)20-13-16-7-2-3-8-17(16)15-25(20)30(27,28)21-11-6-12-29-21/h2-12,20H,13-15H2,1H3. The van der Waals surface area contributed by atoms with Crippen LogP contribution in [-0.4, -0.2) is 36.6 Å². The number of thiophene rings is 1. The van der Waals surface area contributed by atoms with Crippen LogP contribution < -0.4 is 0 Å². The predicted octanol–water partition coefficient (Wildman–Crippen LogP) is 3.66. The van der Waals surface area contributed by atoms with Crippen LogP contribution in [0.4, 0.5) is 4.39 Å². The molecular formula is C22H21FN2O3S2. The zero-order chi connectivity index (χ0) is 21.3. The van der Waals surface area contributed by atoms with Gasteiger partial charge in [0.2, 0.25) is 5.91 Å². The first-order valence-electron chi connectivity index (χ1n) is 9.48. The molecule has 0 radical (unpaired) electrons. The maximum atomic E-state index is 14.1. The van der Waals surface area contributed by atoms with Gasteiger partial charge < -0.3 is 4.90 Å². The molecule has 0 spiro atoms. The highest BCUT2D eigenvalue weighted by Crippen LogP contribution is 2.31. The number of halogens is 1. The molecule has 1 atom stereocenters. The highest BCUT2D eigenvalue weighted by atomic mass is 32.2. The van der Waals surface area contributed by atoms with Crippen molar-refractivity contribution in [2.75, 3.05) is 7.05 Å². The van der Waals surface area contributed by atoms with E-state index in [4.69, 9.17) is 0 Å². The normalized spacial score (nSPS) is 16.8. The minimum atomic E-state index is -3.84. The van der Waals surface area contributed by atoms with E-state index in [-0.39, 0.29) is 29.6 Å². The lowest BCUT2D eigenvalue weighted by Gasteiger charge is -2.36. The van der Waals surface area contributed by atoms with Crippen molar-refractivity contribution in [3.05, 3.63) is 88.6 Å². The number of hydrogen-bond acceptors (Lipinski definition) is 4. The van der Waals surface area contributed by atoms with Crippen LogP contribution in [0.25, 0.3) is 0 Å². The third-order valence-electron chi connectivity index (χ3n) is 5.29. The minimum absolute atomic E-state index is 0.0660. The van der Waals surface area contributed by atoms with E-state index in [0.717, 1.165) is 22.5 Å². The average Bonchev–Trinajstić information content (AvgIpc) is 3.30. The van der Waals surface area contributed by atoms with Crippen LogP contribution in [-0.2, 0) is 34.3 Å². The number of benzene rings is 2. The van der Waals surface area contributed by atoms with Crippen molar-refractivity contribution in [3.63, 3.8) is 0 Å². The Morgan fingerprint density at radius 2 is 1.80 bits per heavy atom. The van der Waals surface area contributed by atoms with Crippen LogP contribution in [0, 0.1) is 5.82 Å². The Morgan fingerprint density at radius 3 is 2.50 bits per heavy atom. The highest BCUT2D eigenvalue weighted by Gasteiger charge is 2.41. The van der Waals surface area contributed by atoms with Crippen molar-refractivity contribution in [2.45, 2.75) is 29.8 Å². The molecule has 1 unspecified atom stereocenters. The molecule has 30 heavy (non-hydrogen) atoms. The summed E-state index contributed by atoms with van der Waals surface area (Å²) in [6, 6.07) is 16.2. The lowest BCUT2D eigenvalue weighted by molar-refractivity contribution is -0.135. The average molecular weight is 445 g/mol. The summed E-state index contributed by atoms with van der Waals surface area (Å²) in [6.07, 6.45) is 0.279. The van der Waals surface area contributed by atoms with E-state index in [0.29, 0.717) is 5.56 Å². The van der Waals surface area contributed by atoms with E-state index in [1.807, 2.05) is 24.3 Å². The molecule has 1 aromatic heterocycles. The fourth-order valence-corrected chi connectivity index (χ4v) is 6.38. The lowest BCUT2D eigenvalue weighted by Crippen LogP contribution is -2.52. The summed E-state index contributed by atoms with van der Waals surface area (Å²) in [5.74, 6) is -0.748. The van der Waals surface area contributed by atoms with Crippen LogP contribution in [0.3, 0.4) is 0 Å². The summed E-state index contributed by atoms with van der Waals surface area (Å²) >= 11 is 1.13. The number of carbonyl (C=O) groups excluding carboxylic acids is 1. The molecule has 0 bridgehead atoms. The second kappa shape index (κ2) is 8.29. The van der Waals surface area contributed by atoms with Crippen LogP contribution in [0.15, 0.2) is 70.3 Å². The Bertz CT molecular complexity index is 1160. The van der Waals surface area contributed by atoms with Gasteiger partial charge in [0.05, 0.1) is 0 Å². The molecule has 1 aliphatic rings. The smallest absolute Gasteiger partial charge is 0.253 e. The molecule has 0 saturated heterocycles. The molecule has 5 nitrogen and oxygen atoms in total. The van der Waals surface area contributed by atoms with Gasteiger partial charge in [-0.05, 0) is 35.1 Å². The number of nitrogens with zero attached hydrogens (tertiary/aromatic N) is 2. The van der Waals surface area contributed by atoms with Crippen molar-refractivity contribution in [1.82, 2.24) is 9.21 Å². The Kier molecular flexibility index (Phi) is 5.73. The molecule has 1 amide bonds. The number of carbonyl (C=O) groups is 1. The Balaban J connectivity index is 1.67. The van der Waals surface area contributed by atoms with Gasteiger partial charge in [0.25, 0.3) is 10.0 Å². The van der Waals surface area contributed by atoms with Gasteiger partial charge in [-0.25, -0.2) is 12.8 Å². The molecule has 156 valence electrons. The Labute approximate surface area is 179 Å². The number of rotatable bonds is 5. The first kappa shape index (κ1) is 20.7. The van der Waals surface area contributed by atoms with Crippen molar-refractivity contribution in [1.29, 1.82) is 0 Å². The Hall–Kier alpha value is -2.55. The molecule has 4 rings (SSSR count). The van der Waals surface area contributed by atoms with Gasteiger partial charge in [0, 0.05) is 25.7 Å². The number of amides is 1. The summed E-state index contributed by atoms with van der Waals surface area (Å²) in [4.78, 5) is 14.7. The van der Waals surface area contributed by atoms with E-state index in [1.54, 1.807) is 42.8 Å². The van der Waals surface area contributed by atoms with Gasteiger partial charge in [-0.2, -0.15) is 4.31 Å². The molecule has 0 N–H and O–H groups in total. The van der Waals surface area contributed by atoms with Crippen LogP contribution in [0.2, 0.25) is 0 Å². The predicted molar refractivity (Wildman–Crippen MR) is 114 cm³/mol. The van der Waals surface area contributed by atoms with E-state index in [1.165, 1.54) is 15.3 Å². The number of sulfonamides is 1. The van der Waals surface area contributed by atoms with Gasteiger partial charge in [-0.15, -0.1) is 11.3 Å². The van der Waals surface area contributed by atoms with Crippen molar-refractivity contribution in [2.24, 2.45) is 0 Å². The molecule has 3 aromatic rings. The Morgan fingerprint density at radius 1 is 1.10 bits per heavy atom. The quantitative estimate of drug-likeness (QED) is 0.604. The molecule has 0 fully saturated rings. The van der Waals surface area contributed by atoms with E-state index < -0.39 is 21.9 Å². The number of likely N-dealkylation sites (N-methyl/N-ethyl adjacent to an activating group) is 1. The topological polar surface area (TPSA) is 57.7 Å². The molecule has 0 saturated carbocycles. The van der Waals surface area contributed by atoms with Crippen molar-refractivity contribution in [3.8, 4) is 0 Å². The second-order valence-electron chi connectivity index (χ2n) is 7.26. The zero-order valence-electron chi connectivity index (χ0n) is 16.4. The van der Waals surface area contributed by atoms with E-state index in [9.17, 15) is 17.6 Å². The lowest BCUT2D eigenvalue weighted by atomic mass is 9.95. The second-order valence-corrected chi connectivity index (χ2v) is 10.3. The zero-order valence-corrected chi connectivity index (χ0v) is 18.0. The molecule has 2 aromatic carbocycles. The van der Waals surface area contributed by atoms with E-state index in [2.05, 4.69) is 0 Å². The summed E-state index contributed by atoms with van der Waals surface area (Å²) in [7, 11) is -2.27. The summed E-state index contributed by atoms with van der Waals surface area (Å²) in [5, 5.41) is 1.70. The summed E-state index contributed by atoms with van der Waals surface area (Å²) < 4.78 is 42.2. The van der Waals surface area contributed by atoms with Gasteiger partial charge in [-0.3, -0.25) is 4.79 Å². The molecule has 8 heteroatoms. The molecule has 2 heterocycles. The molecule has 0 aliphatic carbocycles. The fraction of sp³-hybridized carbons (Fsp3) is 0.227. The SMILES string of the molecule is CN(Cc1ccccc1F)C(=O)C1Cc2ccccc2CN1S(=O)(=O)c1cccs1. The van der Waals surface area contributed by atoms with Gasteiger partial charge >= 0.3 is 0 Å². The largest absolute Gasteiger partial charge is 0.340 e. The van der Waals surface area contributed by atoms with E-state index >= 15 is 0 Å². The minimum Gasteiger partial charge on any atom is -0.340 e. The maximum Gasteiger partial charge on any atom is 0.253 e. The first-order valence-corrected chi connectivity index (χ1v) is 11.8. The van der Waals surface area contributed by atoms with Crippen molar-refractivity contribution >= 4 is 27.3 Å². The molecular weight excluding hydrogens is 423 g/mol. The number of fused-ring (bicyclic) bond motifs is 1. The van der Waals surface area contributed by atoms with Crippen molar-refractivity contribution < 1.29 is 17.6 Å². The van der Waals surface area contributed by atoms with Crippen LogP contribution in [0.5, 0.6) is 0 Å². The fourth-order valence-electron chi connectivity index (χ4n) is 3.70. The first-order chi connectivity index (χ1) is 14.4. The highest BCUT2D eigenvalue weighted by molar-refractivity contribution is 7.91. The summed E-state index contributed by atoms with van der Waals surface area (Å²) in [5.41, 5.74) is 2.23.